The molecule has 3 rings (SSSR count). The lowest BCUT2D eigenvalue weighted by Gasteiger charge is -2.50. The van der Waals surface area contributed by atoms with Crippen molar-refractivity contribution >= 4 is 0 Å². The summed E-state index contributed by atoms with van der Waals surface area (Å²) in [7, 11) is 0. The SMILES string of the molecule is CC1CN(C(CCC(C)N2CCC2)CCC(C)N2CC(C)(C)C2)C1. The average molecular weight is 336 g/mol. The number of hydrogen-bond acceptors (Lipinski definition) is 3. The van der Waals surface area contributed by atoms with Crippen LogP contribution in [-0.4, -0.2) is 72.1 Å². The van der Waals surface area contributed by atoms with Gasteiger partial charge in [-0.15, -0.1) is 0 Å². The second-order valence-electron chi connectivity index (χ2n) is 10.0. The molecule has 3 nitrogen and oxygen atoms in total. The molecule has 0 aliphatic carbocycles. The summed E-state index contributed by atoms with van der Waals surface area (Å²) in [5, 5.41) is 0. The van der Waals surface area contributed by atoms with E-state index in [0.717, 1.165) is 24.0 Å². The molecule has 3 aliphatic rings. The van der Waals surface area contributed by atoms with Crippen molar-refractivity contribution in [2.24, 2.45) is 11.3 Å². The predicted octanol–water partition coefficient (Wildman–Crippen LogP) is 3.69. The summed E-state index contributed by atoms with van der Waals surface area (Å²) in [5.74, 6) is 0.925. The lowest BCUT2D eigenvalue weighted by molar-refractivity contribution is -0.0102. The molecule has 0 saturated carbocycles. The molecule has 3 heterocycles. The van der Waals surface area contributed by atoms with E-state index in [1.54, 1.807) is 0 Å². The van der Waals surface area contributed by atoms with Gasteiger partial charge in [-0.05, 0) is 70.4 Å². The maximum Gasteiger partial charge on any atom is 0.00966 e. The number of nitrogens with zero attached hydrogens (tertiary/aromatic N) is 3. The van der Waals surface area contributed by atoms with Crippen LogP contribution in [-0.2, 0) is 0 Å². The largest absolute Gasteiger partial charge is 0.301 e. The smallest absolute Gasteiger partial charge is 0.00966 e. The molecule has 3 heteroatoms. The van der Waals surface area contributed by atoms with Crippen LogP contribution in [0.3, 0.4) is 0 Å². The summed E-state index contributed by atoms with van der Waals surface area (Å²) in [5.41, 5.74) is 0.563. The maximum absolute atomic E-state index is 2.78. The first-order valence-corrected chi connectivity index (χ1v) is 10.6. The van der Waals surface area contributed by atoms with E-state index in [9.17, 15) is 0 Å². The van der Waals surface area contributed by atoms with Crippen LogP contribution < -0.4 is 0 Å². The Hall–Kier alpha value is -0.120. The van der Waals surface area contributed by atoms with Crippen molar-refractivity contribution in [3.05, 3.63) is 0 Å². The second-order valence-corrected chi connectivity index (χ2v) is 10.0. The van der Waals surface area contributed by atoms with Gasteiger partial charge in [0.25, 0.3) is 0 Å². The standard InChI is InChI=1S/C21H41N3/c1-17-13-23(14-17)20(9-7-18(2)22-11-6-12-22)10-8-19(3)24-15-21(4,5)16-24/h17-20H,6-16H2,1-5H3. The highest BCUT2D eigenvalue weighted by Crippen LogP contribution is 2.32. The van der Waals surface area contributed by atoms with Crippen LogP contribution in [0.1, 0.15) is 66.7 Å². The monoisotopic (exact) mass is 335 g/mol. The van der Waals surface area contributed by atoms with Gasteiger partial charge in [0.1, 0.15) is 0 Å². The van der Waals surface area contributed by atoms with Crippen LogP contribution in [0.2, 0.25) is 0 Å². The fourth-order valence-electron chi connectivity index (χ4n) is 4.93. The van der Waals surface area contributed by atoms with Crippen LogP contribution in [0.5, 0.6) is 0 Å². The average Bonchev–Trinajstić information content (AvgIpc) is 2.39. The summed E-state index contributed by atoms with van der Waals surface area (Å²) in [4.78, 5) is 8.14. The van der Waals surface area contributed by atoms with Gasteiger partial charge in [-0.3, -0.25) is 9.80 Å². The Morgan fingerprint density at radius 3 is 1.79 bits per heavy atom. The number of hydrogen-bond donors (Lipinski definition) is 0. The second kappa shape index (κ2) is 7.63. The Kier molecular flexibility index (Phi) is 5.94. The topological polar surface area (TPSA) is 9.72 Å². The van der Waals surface area contributed by atoms with Crippen LogP contribution in [0.15, 0.2) is 0 Å². The zero-order valence-electron chi connectivity index (χ0n) is 16.9. The van der Waals surface area contributed by atoms with E-state index in [1.165, 1.54) is 71.4 Å². The molecule has 0 spiro atoms. The Morgan fingerprint density at radius 2 is 1.38 bits per heavy atom. The van der Waals surface area contributed by atoms with Crippen LogP contribution in [0.4, 0.5) is 0 Å². The van der Waals surface area contributed by atoms with Crippen molar-refractivity contribution < 1.29 is 0 Å². The van der Waals surface area contributed by atoms with Crippen molar-refractivity contribution in [1.29, 1.82) is 0 Å². The highest BCUT2D eigenvalue weighted by atomic mass is 15.2. The Labute approximate surface area is 150 Å². The summed E-state index contributed by atoms with van der Waals surface area (Å²) in [6.45, 7) is 20.1. The quantitative estimate of drug-likeness (QED) is 0.636. The first-order chi connectivity index (χ1) is 11.3. The highest BCUT2D eigenvalue weighted by molar-refractivity contribution is 4.91. The summed E-state index contributed by atoms with van der Waals surface area (Å²) in [6, 6.07) is 2.40. The van der Waals surface area contributed by atoms with E-state index in [1.807, 2.05) is 0 Å². The molecule has 3 aliphatic heterocycles. The molecule has 0 aromatic heterocycles. The van der Waals surface area contributed by atoms with E-state index in [0.29, 0.717) is 5.41 Å². The van der Waals surface area contributed by atoms with E-state index in [-0.39, 0.29) is 0 Å². The minimum atomic E-state index is 0.563. The molecule has 0 radical (unpaired) electrons. The normalized spacial score (nSPS) is 29.4. The zero-order chi connectivity index (χ0) is 17.3. The molecule has 0 amide bonds. The summed E-state index contributed by atoms with van der Waals surface area (Å²) < 4.78 is 0. The molecule has 24 heavy (non-hydrogen) atoms. The van der Waals surface area contributed by atoms with Crippen molar-refractivity contribution in [3.63, 3.8) is 0 Å². The van der Waals surface area contributed by atoms with E-state index in [4.69, 9.17) is 0 Å². The molecule has 3 saturated heterocycles. The third kappa shape index (κ3) is 4.53. The van der Waals surface area contributed by atoms with Crippen LogP contribution >= 0.6 is 0 Å². The highest BCUT2D eigenvalue weighted by Gasteiger charge is 2.37. The Morgan fingerprint density at radius 1 is 0.833 bits per heavy atom. The van der Waals surface area contributed by atoms with Gasteiger partial charge in [-0.25, -0.2) is 0 Å². The van der Waals surface area contributed by atoms with Gasteiger partial charge < -0.3 is 4.90 Å². The van der Waals surface area contributed by atoms with E-state index < -0.39 is 0 Å². The Balaban J connectivity index is 1.41. The zero-order valence-corrected chi connectivity index (χ0v) is 16.9. The predicted molar refractivity (Wildman–Crippen MR) is 103 cm³/mol. The summed E-state index contributed by atoms with van der Waals surface area (Å²) in [6.07, 6.45) is 6.99. The number of likely N-dealkylation sites (tertiary alicyclic amines) is 3. The first kappa shape index (κ1) is 18.7. The summed E-state index contributed by atoms with van der Waals surface area (Å²) >= 11 is 0. The number of rotatable bonds is 9. The molecule has 0 N–H and O–H groups in total. The van der Waals surface area contributed by atoms with Gasteiger partial charge in [0.05, 0.1) is 0 Å². The molecule has 0 aromatic rings. The van der Waals surface area contributed by atoms with Crippen molar-refractivity contribution in [2.75, 3.05) is 39.3 Å². The van der Waals surface area contributed by atoms with Gasteiger partial charge >= 0.3 is 0 Å². The lowest BCUT2D eigenvalue weighted by Crippen LogP contribution is -2.57. The molecule has 3 atom stereocenters. The van der Waals surface area contributed by atoms with Gasteiger partial charge in [-0.2, -0.15) is 0 Å². The third-order valence-electron chi connectivity index (χ3n) is 6.84. The molecular formula is C21H41N3. The fourth-order valence-corrected chi connectivity index (χ4v) is 4.93. The Bertz CT molecular complexity index is 390. The minimum absolute atomic E-state index is 0.563. The molecule has 140 valence electrons. The fraction of sp³-hybridized carbons (Fsp3) is 1.00. The van der Waals surface area contributed by atoms with E-state index in [2.05, 4.69) is 49.3 Å². The van der Waals surface area contributed by atoms with Gasteiger partial charge in [-0.1, -0.05) is 20.8 Å². The van der Waals surface area contributed by atoms with Crippen LogP contribution in [0, 0.1) is 11.3 Å². The molecule has 0 bridgehead atoms. The van der Waals surface area contributed by atoms with Gasteiger partial charge in [0.15, 0.2) is 0 Å². The van der Waals surface area contributed by atoms with Crippen LogP contribution in [0.25, 0.3) is 0 Å². The van der Waals surface area contributed by atoms with Gasteiger partial charge in [0, 0.05) is 44.3 Å². The van der Waals surface area contributed by atoms with Crippen molar-refractivity contribution in [3.8, 4) is 0 Å². The lowest BCUT2D eigenvalue weighted by atomic mass is 9.82. The molecule has 3 fully saturated rings. The molecular weight excluding hydrogens is 294 g/mol. The van der Waals surface area contributed by atoms with E-state index >= 15 is 0 Å². The molecule has 0 aromatic carbocycles. The maximum atomic E-state index is 2.78. The minimum Gasteiger partial charge on any atom is -0.301 e. The first-order valence-electron chi connectivity index (χ1n) is 10.6. The van der Waals surface area contributed by atoms with Gasteiger partial charge in [0.2, 0.25) is 0 Å². The van der Waals surface area contributed by atoms with Crippen molar-refractivity contribution in [2.45, 2.75) is 84.8 Å². The van der Waals surface area contributed by atoms with Crippen molar-refractivity contribution in [1.82, 2.24) is 14.7 Å². The molecule has 3 unspecified atom stereocenters. The third-order valence-corrected chi connectivity index (χ3v) is 6.84.